The molecule has 0 fully saturated rings. The van der Waals surface area contributed by atoms with E-state index in [1.54, 1.807) is 48.5 Å². The molecule has 7 heteroatoms. The molecule has 162 valence electrons. The van der Waals surface area contributed by atoms with Gasteiger partial charge in [0.15, 0.2) is 0 Å². The fourth-order valence-electron chi connectivity index (χ4n) is 3.85. The highest BCUT2D eigenvalue weighted by Gasteiger charge is 2.24. The van der Waals surface area contributed by atoms with Crippen LogP contribution < -0.4 is 15.5 Å². The first kappa shape index (κ1) is 20.1. The summed E-state index contributed by atoms with van der Waals surface area (Å²) in [5, 5.41) is 25.1. The van der Waals surface area contributed by atoms with E-state index in [0.717, 1.165) is 39.8 Å². The fraction of sp³-hybridized carbons (Fsp3) is 0. The van der Waals surface area contributed by atoms with E-state index >= 15 is 0 Å². The molecular formula is C26H19N3O4. The SMILES string of the molecule is O=C(O)c1ccc(Nc2ccc3c(c2)Nc2ccccc2N3c2ccc(C(=O)O)cc2)cc1. The highest BCUT2D eigenvalue weighted by atomic mass is 16.4. The van der Waals surface area contributed by atoms with E-state index in [2.05, 4.69) is 15.5 Å². The van der Waals surface area contributed by atoms with E-state index in [1.165, 1.54) is 0 Å². The predicted molar refractivity (Wildman–Crippen MR) is 128 cm³/mol. The molecule has 1 aliphatic heterocycles. The summed E-state index contributed by atoms with van der Waals surface area (Å²) < 4.78 is 0. The van der Waals surface area contributed by atoms with E-state index in [-0.39, 0.29) is 11.1 Å². The van der Waals surface area contributed by atoms with Gasteiger partial charge in [0, 0.05) is 17.1 Å². The number of hydrogen-bond acceptors (Lipinski definition) is 5. The molecule has 0 spiro atoms. The van der Waals surface area contributed by atoms with Gasteiger partial charge in [-0.05, 0) is 78.9 Å². The Balaban J connectivity index is 1.51. The lowest BCUT2D eigenvalue weighted by atomic mass is 10.1. The summed E-state index contributed by atoms with van der Waals surface area (Å²) in [6.07, 6.45) is 0. The van der Waals surface area contributed by atoms with E-state index < -0.39 is 11.9 Å². The maximum Gasteiger partial charge on any atom is 0.335 e. The zero-order valence-corrected chi connectivity index (χ0v) is 17.3. The minimum Gasteiger partial charge on any atom is -0.478 e. The normalized spacial score (nSPS) is 11.7. The monoisotopic (exact) mass is 437 g/mol. The van der Waals surface area contributed by atoms with Gasteiger partial charge in [-0.3, -0.25) is 0 Å². The van der Waals surface area contributed by atoms with Gasteiger partial charge in [-0.15, -0.1) is 0 Å². The topological polar surface area (TPSA) is 102 Å². The van der Waals surface area contributed by atoms with Gasteiger partial charge >= 0.3 is 11.9 Å². The third kappa shape index (κ3) is 3.83. The van der Waals surface area contributed by atoms with Crippen molar-refractivity contribution >= 4 is 51.8 Å². The zero-order valence-electron chi connectivity index (χ0n) is 17.3. The molecule has 4 aromatic carbocycles. The molecule has 33 heavy (non-hydrogen) atoms. The second-order valence-corrected chi connectivity index (χ2v) is 7.57. The van der Waals surface area contributed by atoms with Gasteiger partial charge in [0.05, 0.1) is 33.9 Å². The second-order valence-electron chi connectivity index (χ2n) is 7.57. The van der Waals surface area contributed by atoms with Gasteiger partial charge in [-0.25, -0.2) is 9.59 Å². The third-order valence-electron chi connectivity index (χ3n) is 5.44. The summed E-state index contributed by atoms with van der Waals surface area (Å²) in [5.74, 6) is -1.93. The lowest BCUT2D eigenvalue weighted by molar-refractivity contribution is 0.0686. The minimum atomic E-state index is -0.963. The summed E-state index contributed by atoms with van der Waals surface area (Å²) >= 11 is 0. The van der Waals surface area contributed by atoms with Crippen LogP contribution in [0.5, 0.6) is 0 Å². The number of carboxylic acids is 2. The Bertz CT molecular complexity index is 1370. The minimum absolute atomic E-state index is 0.230. The van der Waals surface area contributed by atoms with E-state index in [1.807, 2.05) is 42.5 Å². The van der Waals surface area contributed by atoms with Crippen molar-refractivity contribution in [3.63, 3.8) is 0 Å². The molecule has 0 amide bonds. The molecule has 7 nitrogen and oxygen atoms in total. The Morgan fingerprint density at radius 3 is 1.91 bits per heavy atom. The molecule has 4 aromatic rings. The average molecular weight is 437 g/mol. The van der Waals surface area contributed by atoms with E-state index in [0.29, 0.717) is 0 Å². The summed E-state index contributed by atoms with van der Waals surface area (Å²) in [6.45, 7) is 0. The molecule has 0 saturated heterocycles. The number of aromatic carboxylic acids is 2. The average Bonchev–Trinajstić information content (AvgIpc) is 2.83. The largest absolute Gasteiger partial charge is 0.478 e. The number of nitrogens with one attached hydrogen (secondary N) is 2. The van der Waals surface area contributed by atoms with Crippen molar-refractivity contribution in [1.82, 2.24) is 0 Å². The van der Waals surface area contributed by atoms with Crippen LogP contribution in [0.25, 0.3) is 0 Å². The number of nitrogens with zero attached hydrogens (tertiary/aromatic N) is 1. The molecule has 0 bridgehead atoms. The molecule has 1 aliphatic rings. The Kier molecular flexibility index (Phi) is 4.91. The van der Waals surface area contributed by atoms with Crippen LogP contribution in [0.15, 0.2) is 91.0 Å². The number of carboxylic acid groups (broad SMARTS) is 2. The van der Waals surface area contributed by atoms with Crippen LogP contribution in [0.1, 0.15) is 20.7 Å². The van der Waals surface area contributed by atoms with Crippen molar-refractivity contribution in [2.45, 2.75) is 0 Å². The Morgan fingerprint density at radius 2 is 1.24 bits per heavy atom. The molecule has 0 radical (unpaired) electrons. The molecule has 0 unspecified atom stereocenters. The molecular weight excluding hydrogens is 418 g/mol. The first-order valence-electron chi connectivity index (χ1n) is 10.2. The van der Waals surface area contributed by atoms with Crippen LogP contribution in [0.2, 0.25) is 0 Å². The standard InChI is InChI=1S/C26H19N3O4/c30-25(31)16-5-9-18(10-6-16)27-19-11-14-24-22(15-19)28-21-3-1-2-4-23(21)29(24)20-12-7-17(8-13-20)26(32)33/h1-15,27-28H,(H,30,31)(H,32,33). The van der Waals surface area contributed by atoms with E-state index in [4.69, 9.17) is 5.11 Å². The van der Waals surface area contributed by atoms with Gasteiger partial charge in [0.25, 0.3) is 0 Å². The summed E-state index contributed by atoms with van der Waals surface area (Å²) in [5.41, 5.74) is 6.60. The zero-order chi connectivity index (χ0) is 22.9. The number of hydrogen-bond donors (Lipinski definition) is 4. The van der Waals surface area contributed by atoms with Gasteiger partial charge in [0.1, 0.15) is 0 Å². The lowest BCUT2D eigenvalue weighted by Crippen LogP contribution is -2.17. The molecule has 4 N–H and O–H groups in total. The maximum atomic E-state index is 11.3. The van der Waals surface area contributed by atoms with Crippen molar-refractivity contribution in [3.8, 4) is 0 Å². The third-order valence-corrected chi connectivity index (χ3v) is 5.44. The summed E-state index contributed by atoms with van der Waals surface area (Å²) in [7, 11) is 0. The van der Waals surface area contributed by atoms with Crippen LogP contribution >= 0.6 is 0 Å². The molecule has 1 heterocycles. The molecule has 0 aromatic heterocycles. The molecule has 5 rings (SSSR count). The summed E-state index contributed by atoms with van der Waals surface area (Å²) in [4.78, 5) is 24.4. The Labute approximate surface area is 189 Å². The van der Waals surface area contributed by atoms with Gasteiger partial charge in [-0.2, -0.15) is 0 Å². The summed E-state index contributed by atoms with van der Waals surface area (Å²) in [6, 6.07) is 27.2. The van der Waals surface area contributed by atoms with Crippen molar-refractivity contribution in [2.75, 3.05) is 15.5 Å². The van der Waals surface area contributed by atoms with Crippen molar-refractivity contribution in [2.24, 2.45) is 0 Å². The molecule has 0 atom stereocenters. The van der Waals surface area contributed by atoms with Crippen LogP contribution in [0.3, 0.4) is 0 Å². The molecule has 0 aliphatic carbocycles. The van der Waals surface area contributed by atoms with Gasteiger partial charge < -0.3 is 25.7 Å². The number of anilines is 7. The van der Waals surface area contributed by atoms with Crippen LogP contribution in [0, 0.1) is 0 Å². The number of para-hydroxylation sites is 2. The van der Waals surface area contributed by atoms with Crippen LogP contribution in [-0.2, 0) is 0 Å². The Morgan fingerprint density at radius 1 is 0.667 bits per heavy atom. The molecule has 0 saturated carbocycles. The first-order valence-corrected chi connectivity index (χ1v) is 10.2. The number of fused-ring (bicyclic) bond motifs is 2. The van der Waals surface area contributed by atoms with Crippen LogP contribution in [-0.4, -0.2) is 22.2 Å². The highest BCUT2D eigenvalue weighted by molar-refractivity contribution is 5.98. The number of rotatable bonds is 5. The number of carbonyl (C=O) groups is 2. The first-order chi connectivity index (χ1) is 16.0. The van der Waals surface area contributed by atoms with Crippen LogP contribution in [0.4, 0.5) is 39.8 Å². The number of benzene rings is 4. The van der Waals surface area contributed by atoms with Gasteiger partial charge in [0.2, 0.25) is 0 Å². The second kappa shape index (κ2) is 8.05. The van der Waals surface area contributed by atoms with Crippen molar-refractivity contribution in [3.05, 3.63) is 102 Å². The van der Waals surface area contributed by atoms with E-state index in [9.17, 15) is 14.7 Å². The highest BCUT2D eigenvalue weighted by Crippen LogP contribution is 2.48. The quantitative estimate of drug-likeness (QED) is 0.254. The maximum absolute atomic E-state index is 11.3. The predicted octanol–water partition coefficient (Wildman–Crippen LogP) is 6.35. The smallest absolute Gasteiger partial charge is 0.335 e. The Hall–Kier alpha value is -4.78. The van der Waals surface area contributed by atoms with Gasteiger partial charge in [-0.1, -0.05) is 12.1 Å². The fourth-order valence-corrected chi connectivity index (χ4v) is 3.85. The lowest BCUT2D eigenvalue weighted by Gasteiger charge is -2.34. The van der Waals surface area contributed by atoms with Crippen molar-refractivity contribution in [1.29, 1.82) is 0 Å². The van der Waals surface area contributed by atoms with Crippen molar-refractivity contribution < 1.29 is 19.8 Å².